The molecule has 8 nitrogen and oxygen atoms in total. The molecule has 8 heteroatoms. The van der Waals surface area contributed by atoms with Crippen LogP contribution in [0.5, 0.6) is 17.2 Å². The van der Waals surface area contributed by atoms with Gasteiger partial charge >= 0.3 is 0 Å². The zero-order valence-electron chi connectivity index (χ0n) is 14.7. The molecule has 0 saturated heterocycles. The Hall–Kier alpha value is -3.29. The van der Waals surface area contributed by atoms with Crippen molar-refractivity contribution in [1.82, 2.24) is 0 Å². The van der Waals surface area contributed by atoms with Gasteiger partial charge in [0.15, 0.2) is 17.6 Å². The van der Waals surface area contributed by atoms with E-state index >= 15 is 0 Å². The molecule has 2 aromatic rings. The smallest absolute Gasteiger partial charge is 0.273 e. The van der Waals surface area contributed by atoms with Crippen molar-refractivity contribution in [3.63, 3.8) is 0 Å². The monoisotopic (exact) mass is 360 g/mol. The first-order valence-electron chi connectivity index (χ1n) is 7.98. The molecule has 1 amide bonds. The van der Waals surface area contributed by atoms with Gasteiger partial charge in [-0.3, -0.25) is 14.9 Å². The SMILES string of the molecule is CCOc1ccccc1NC(=O)[C@@H](C)Oc1cc([N+](=O)[O-])ccc1OC. The first kappa shape index (κ1) is 19.0. The number of nitrogens with one attached hydrogen (secondary N) is 1. The van der Waals surface area contributed by atoms with Crippen molar-refractivity contribution in [2.45, 2.75) is 20.0 Å². The third kappa shape index (κ3) is 4.62. The molecule has 0 fully saturated rings. The first-order chi connectivity index (χ1) is 12.5. The Kier molecular flexibility index (Phi) is 6.37. The maximum atomic E-state index is 12.4. The van der Waals surface area contributed by atoms with Gasteiger partial charge in [-0.2, -0.15) is 0 Å². The van der Waals surface area contributed by atoms with Crippen LogP contribution in [0.2, 0.25) is 0 Å². The molecule has 2 aromatic carbocycles. The van der Waals surface area contributed by atoms with Crippen molar-refractivity contribution in [2.75, 3.05) is 19.0 Å². The maximum Gasteiger partial charge on any atom is 0.273 e. The van der Waals surface area contributed by atoms with Crippen LogP contribution in [0, 0.1) is 10.1 Å². The minimum absolute atomic E-state index is 0.113. The Morgan fingerprint density at radius 2 is 1.92 bits per heavy atom. The van der Waals surface area contributed by atoms with Gasteiger partial charge in [0.05, 0.1) is 30.4 Å². The molecular weight excluding hydrogens is 340 g/mol. The molecule has 0 aromatic heterocycles. The lowest BCUT2D eigenvalue weighted by Crippen LogP contribution is -2.30. The summed E-state index contributed by atoms with van der Waals surface area (Å²) in [6.07, 6.45) is -0.916. The molecule has 0 heterocycles. The van der Waals surface area contributed by atoms with E-state index in [1.165, 1.54) is 32.2 Å². The van der Waals surface area contributed by atoms with Gasteiger partial charge in [0.1, 0.15) is 5.75 Å². The Labute approximate surface area is 150 Å². The minimum Gasteiger partial charge on any atom is -0.493 e. The molecule has 0 spiro atoms. The predicted octanol–water partition coefficient (Wildman–Crippen LogP) is 3.41. The van der Waals surface area contributed by atoms with Gasteiger partial charge in [-0.25, -0.2) is 0 Å². The third-order valence-electron chi connectivity index (χ3n) is 3.48. The number of nitro benzene ring substituents is 1. The minimum atomic E-state index is -0.916. The van der Waals surface area contributed by atoms with E-state index in [0.29, 0.717) is 23.8 Å². The van der Waals surface area contributed by atoms with E-state index in [-0.39, 0.29) is 11.4 Å². The van der Waals surface area contributed by atoms with E-state index in [1.54, 1.807) is 24.3 Å². The zero-order chi connectivity index (χ0) is 19.1. The zero-order valence-corrected chi connectivity index (χ0v) is 14.7. The molecule has 0 unspecified atom stereocenters. The molecule has 1 N–H and O–H groups in total. The highest BCUT2D eigenvalue weighted by atomic mass is 16.6. The second-order valence-electron chi connectivity index (χ2n) is 5.27. The standard InChI is InChI=1S/C18H20N2O6/c1-4-25-15-8-6-5-7-14(15)19-18(21)12(2)26-17-11-13(20(22)23)9-10-16(17)24-3/h5-12H,4H2,1-3H3,(H,19,21)/t12-/m1/s1. The summed E-state index contributed by atoms with van der Waals surface area (Å²) in [6.45, 7) is 3.85. The lowest BCUT2D eigenvalue weighted by atomic mass is 10.2. The van der Waals surface area contributed by atoms with Crippen LogP contribution < -0.4 is 19.5 Å². The quantitative estimate of drug-likeness (QED) is 0.572. The van der Waals surface area contributed by atoms with Crippen LogP contribution in [0.4, 0.5) is 11.4 Å². The van der Waals surface area contributed by atoms with E-state index in [0.717, 1.165) is 0 Å². The molecule has 0 bridgehead atoms. The number of rotatable bonds is 8. The number of para-hydroxylation sites is 2. The summed E-state index contributed by atoms with van der Waals surface area (Å²) in [6, 6.07) is 11.0. The van der Waals surface area contributed by atoms with Gasteiger partial charge in [-0.05, 0) is 32.0 Å². The lowest BCUT2D eigenvalue weighted by molar-refractivity contribution is -0.385. The Morgan fingerprint density at radius 3 is 2.58 bits per heavy atom. The van der Waals surface area contributed by atoms with E-state index in [1.807, 2.05) is 6.92 Å². The number of non-ortho nitro benzene ring substituents is 1. The van der Waals surface area contributed by atoms with Gasteiger partial charge in [0.25, 0.3) is 11.6 Å². The van der Waals surface area contributed by atoms with Crippen molar-refractivity contribution in [2.24, 2.45) is 0 Å². The fraction of sp³-hybridized carbons (Fsp3) is 0.278. The van der Waals surface area contributed by atoms with Crippen molar-refractivity contribution in [1.29, 1.82) is 0 Å². The predicted molar refractivity (Wildman–Crippen MR) is 96.0 cm³/mol. The lowest BCUT2D eigenvalue weighted by Gasteiger charge is -2.17. The molecule has 0 aliphatic carbocycles. The number of nitro groups is 1. The molecule has 26 heavy (non-hydrogen) atoms. The summed E-state index contributed by atoms with van der Waals surface area (Å²) in [5, 5.41) is 13.7. The highest BCUT2D eigenvalue weighted by Crippen LogP contribution is 2.32. The number of amides is 1. The summed E-state index contributed by atoms with van der Waals surface area (Å²) in [5.41, 5.74) is 0.357. The van der Waals surface area contributed by atoms with Crippen molar-refractivity contribution >= 4 is 17.3 Å². The average Bonchev–Trinajstić information content (AvgIpc) is 2.63. The topological polar surface area (TPSA) is 99.9 Å². The first-order valence-corrected chi connectivity index (χ1v) is 7.98. The van der Waals surface area contributed by atoms with Crippen LogP contribution in [0.25, 0.3) is 0 Å². The number of hydrogen-bond acceptors (Lipinski definition) is 6. The van der Waals surface area contributed by atoms with E-state index < -0.39 is 16.9 Å². The van der Waals surface area contributed by atoms with E-state index in [4.69, 9.17) is 14.2 Å². The summed E-state index contributed by atoms with van der Waals surface area (Å²) < 4.78 is 16.2. The van der Waals surface area contributed by atoms with Crippen molar-refractivity contribution < 1.29 is 23.9 Å². The highest BCUT2D eigenvalue weighted by molar-refractivity contribution is 5.95. The molecule has 0 radical (unpaired) electrons. The fourth-order valence-corrected chi connectivity index (χ4v) is 2.20. The third-order valence-corrected chi connectivity index (χ3v) is 3.48. The fourth-order valence-electron chi connectivity index (χ4n) is 2.20. The molecule has 138 valence electrons. The van der Waals surface area contributed by atoms with Crippen LogP contribution in [0.3, 0.4) is 0 Å². The summed E-state index contributed by atoms with van der Waals surface area (Å²) >= 11 is 0. The van der Waals surface area contributed by atoms with Gasteiger partial charge < -0.3 is 19.5 Å². The average molecular weight is 360 g/mol. The normalized spacial score (nSPS) is 11.3. The molecule has 2 rings (SSSR count). The van der Waals surface area contributed by atoms with Crippen molar-refractivity contribution in [3.05, 3.63) is 52.6 Å². The summed E-state index contributed by atoms with van der Waals surface area (Å²) in [4.78, 5) is 22.8. The van der Waals surface area contributed by atoms with E-state index in [2.05, 4.69) is 5.32 Å². The largest absolute Gasteiger partial charge is 0.493 e. The number of methoxy groups -OCH3 is 1. The van der Waals surface area contributed by atoms with Crippen LogP contribution >= 0.6 is 0 Å². The number of nitrogens with zero attached hydrogens (tertiary/aromatic N) is 1. The van der Waals surface area contributed by atoms with Crippen LogP contribution in [0.15, 0.2) is 42.5 Å². The van der Waals surface area contributed by atoms with Crippen LogP contribution in [-0.2, 0) is 4.79 Å². The number of ether oxygens (including phenoxy) is 3. The number of anilines is 1. The van der Waals surface area contributed by atoms with E-state index in [9.17, 15) is 14.9 Å². The number of carbonyl (C=O) groups excluding carboxylic acids is 1. The molecular formula is C18H20N2O6. The van der Waals surface area contributed by atoms with Crippen LogP contribution in [0.1, 0.15) is 13.8 Å². The number of carbonyl (C=O) groups is 1. The molecule has 0 aliphatic rings. The van der Waals surface area contributed by atoms with Crippen molar-refractivity contribution in [3.8, 4) is 17.2 Å². The number of benzene rings is 2. The van der Waals surface area contributed by atoms with Gasteiger partial charge in [-0.15, -0.1) is 0 Å². The molecule has 0 saturated carbocycles. The second kappa shape index (κ2) is 8.70. The Bertz CT molecular complexity index is 793. The Balaban J connectivity index is 2.15. The summed E-state index contributed by atoms with van der Waals surface area (Å²) in [5.74, 6) is 0.529. The Morgan fingerprint density at radius 1 is 1.19 bits per heavy atom. The molecule has 1 atom stereocenters. The number of hydrogen-bond donors (Lipinski definition) is 1. The summed E-state index contributed by atoms with van der Waals surface area (Å²) in [7, 11) is 1.41. The highest BCUT2D eigenvalue weighted by Gasteiger charge is 2.20. The van der Waals surface area contributed by atoms with Crippen LogP contribution in [-0.4, -0.2) is 30.7 Å². The maximum absolute atomic E-state index is 12.4. The second-order valence-corrected chi connectivity index (χ2v) is 5.27. The van der Waals surface area contributed by atoms with Gasteiger partial charge in [-0.1, -0.05) is 12.1 Å². The van der Waals surface area contributed by atoms with Gasteiger partial charge in [0.2, 0.25) is 0 Å². The van der Waals surface area contributed by atoms with Gasteiger partial charge in [0, 0.05) is 6.07 Å². The molecule has 0 aliphatic heterocycles.